The molecule has 0 radical (unpaired) electrons. The summed E-state index contributed by atoms with van der Waals surface area (Å²) in [5.74, 6) is -0.415. The number of rotatable bonds is 5. The number of carbonyl (C=O) groups is 2. The molecule has 1 aliphatic heterocycles. The summed E-state index contributed by atoms with van der Waals surface area (Å²) >= 11 is 7.35. The van der Waals surface area contributed by atoms with Crippen molar-refractivity contribution in [2.75, 3.05) is 0 Å². The molecule has 1 atom stereocenters. The second-order valence-electron chi connectivity index (χ2n) is 5.64. The minimum atomic E-state index is -1.09. The number of nitrogens with zero attached hydrogens (tertiary/aromatic N) is 1. The van der Waals surface area contributed by atoms with E-state index in [4.69, 9.17) is 16.6 Å². The van der Waals surface area contributed by atoms with Gasteiger partial charge in [-0.2, -0.15) is 0 Å². The van der Waals surface area contributed by atoms with Gasteiger partial charge in [0.25, 0.3) is 5.91 Å². The molecular weight excluding hydrogens is 467 g/mol. The Bertz CT molecular complexity index is 921. The van der Waals surface area contributed by atoms with Crippen molar-refractivity contribution in [2.24, 2.45) is 0 Å². The number of nitrogens with one attached hydrogen (secondary N) is 1. The van der Waals surface area contributed by atoms with Gasteiger partial charge in [-0.15, -0.1) is 0 Å². The average molecular weight is 482 g/mol. The summed E-state index contributed by atoms with van der Waals surface area (Å²) in [5, 5.41) is 12.1. The van der Waals surface area contributed by atoms with Crippen molar-refractivity contribution in [3.8, 4) is 11.3 Å². The fraction of sp³-hybridized carbons (Fsp3) is 0.167. The Kier molecular flexibility index (Phi) is 5.42. The minimum absolute atomic E-state index is 0.0832. The highest BCUT2D eigenvalue weighted by atomic mass is 127. The smallest absolute Gasteiger partial charge is 0.326 e. The highest BCUT2D eigenvalue weighted by Crippen LogP contribution is 2.26. The number of carboxylic acids is 1. The molecule has 1 aromatic carbocycles. The number of hydrogen-bond donors (Lipinski definition) is 2. The first kappa shape index (κ1) is 18.6. The molecule has 0 bridgehead atoms. The average Bonchev–Trinajstić information content (AvgIpc) is 3.16. The van der Waals surface area contributed by atoms with Crippen molar-refractivity contribution in [1.29, 1.82) is 0 Å². The Balaban J connectivity index is 1.86. The lowest BCUT2D eigenvalue weighted by Gasteiger charge is -2.20. The van der Waals surface area contributed by atoms with Crippen LogP contribution in [0.1, 0.15) is 19.1 Å². The second kappa shape index (κ2) is 7.58. The van der Waals surface area contributed by atoms with Crippen molar-refractivity contribution in [3.63, 3.8) is 0 Å². The van der Waals surface area contributed by atoms with Crippen LogP contribution in [0.5, 0.6) is 0 Å². The first-order valence-corrected chi connectivity index (χ1v) is 9.34. The Morgan fingerprint density at radius 1 is 1.42 bits per heavy atom. The van der Waals surface area contributed by atoms with Crippen LogP contribution in [0.15, 0.2) is 46.5 Å². The molecule has 1 saturated heterocycles. The lowest BCUT2D eigenvalue weighted by molar-refractivity contribution is -0.145. The zero-order valence-electron chi connectivity index (χ0n) is 13.7. The molecule has 1 fully saturated rings. The van der Waals surface area contributed by atoms with E-state index in [0.717, 1.165) is 14.0 Å². The maximum Gasteiger partial charge on any atom is 0.326 e. The number of carbonyl (C=O) groups excluding carboxylic acids is 1. The standard InChI is InChI=1S/C18H15IN2O4S/c1-2-14(17(23)24)21-16(22)13(20-18(21)26)9-12-6-7-15(25-12)10-4-3-5-11(19)8-10/h3-9,14H,2H2,1H3,(H,20,26)(H,23,24). The maximum atomic E-state index is 12.5. The Morgan fingerprint density at radius 2 is 2.19 bits per heavy atom. The Hall–Kier alpha value is -2.20. The molecule has 1 amide bonds. The largest absolute Gasteiger partial charge is 0.480 e. The van der Waals surface area contributed by atoms with Crippen molar-refractivity contribution >= 4 is 57.9 Å². The van der Waals surface area contributed by atoms with Gasteiger partial charge < -0.3 is 14.8 Å². The molecule has 0 spiro atoms. The van der Waals surface area contributed by atoms with Gasteiger partial charge in [0.05, 0.1) is 0 Å². The number of aliphatic carboxylic acids is 1. The zero-order valence-corrected chi connectivity index (χ0v) is 16.7. The van der Waals surface area contributed by atoms with Crippen LogP contribution in [-0.4, -0.2) is 33.0 Å². The number of hydrogen-bond acceptors (Lipinski definition) is 4. The lowest BCUT2D eigenvalue weighted by atomic mass is 10.2. The third-order valence-corrected chi connectivity index (χ3v) is 4.89. The van der Waals surface area contributed by atoms with E-state index in [1.807, 2.05) is 30.3 Å². The first-order chi connectivity index (χ1) is 12.4. The summed E-state index contributed by atoms with van der Waals surface area (Å²) in [7, 11) is 0. The molecule has 1 unspecified atom stereocenters. The van der Waals surface area contributed by atoms with Crippen LogP contribution >= 0.6 is 34.8 Å². The molecule has 0 saturated carbocycles. The predicted molar refractivity (Wildman–Crippen MR) is 109 cm³/mol. The maximum absolute atomic E-state index is 12.5. The van der Waals surface area contributed by atoms with E-state index in [-0.39, 0.29) is 17.2 Å². The van der Waals surface area contributed by atoms with Crippen LogP contribution in [0.3, 0.4) is 0 Å². The van der Waals surface area contributed by atoms with E-state index in [0.29, 0.717) is 11.5 Å². The van der Waals surface area contributed by atoms with Gasteiger partial charge >= 0.3 is 5.97 Å². The molecule has 6 nitrogen and oxygen atoms in total. The van der Waals surface area contributed by atoms with Crippen molar-refractivity contribution in [1.82, 2.24) is 10.2 Å². The fourth-order valence-corrected chi connectivity index (χ4v) is 3.53. The zero-order chi connectivity index (χ0) is 18.8. The van der Waals surface area contributed by atoms with Gasteiger partial charge in [0, 0.05) is 15.2 Å². The monoisotopic (exact) mass is 482 g/mol. The van der Waals surface area contributed by atoms with Gasteiger partial charge in [0.1, 0.15) is 23.3 Å². The van der Waals surface area contributed by atoms with Crippen LogP contribution in [0, 0.1) is 3.57 Å². The molecule has 0 aliphatic carbocycles. The van der Waals surface area contributed by atoms with Crippen LogP contribution in [-0.2, 0) is 9.59 Å². The topological polar surface area (TPSA) is 82.8 Å². The van der Waals surface area contributed by atoms with Crippen LogP contribution in [0.25, 0.3) is 17.4 Å². The predicted octanol–water partition coefficient (Wildman–Crippen LogP) is 3.47. The molecule has 2 N–H and O–H groups in total. The van der Waals surface area contributed by atoms with Crippen molar-refractivity contribution in [3.05, 3.63) is 51.4 Å². The Morgan fingerprint density at radius 3 is 2.85 bits per heavy atom. The van der Waals surface area contributed by atoms with Gasteiger partial charge in [-0.25, -0.2) is 4.79 Å². The molecule has 1 aromatic heterocycles. The molecular formula is C18H15IN2O4S. The number of halogens is 1. The SMILES string of the molecule is CCC(C(=O)O)N1C(=O)C(=Cc2ccc(-c3cccc(I)c3)o2)NC1=S. The van der Waals surface area contributed by atoms with E-state index in [1.165, 1.54) is 6.08 Å². The highest BCUT2D eigenvalue weighted by molar-refractivity contribution is 14.1. The summed E-state index contributed by atoms with van der Waals surface area (Å²) in [6.07, 6.45) is 1.79. The molecule has 26 heavy (non-hydrogen) atoms. The summed E-state index contributed by atoms with van der Waals surface area (Å²) < 4.78 is 6.88. The van der Waals surface area contributed by atoms with Gasteiger partial charge in [-0.3, -0.25) is 9.69 Å². The fourth-order valence-electron chi connectivity index (χ4n) is 2.67. The summed E-state index contributed by atoms with van der Waals surface area (Å²) in [5.41, 5.74) is 1.12. The molecule has 8 heteroatoms. The molecule has 2 heterocycles. The first-order valence-electron chi connectivity index (χ1n) is 7.85. The van der Waals surface area contributed by atoms with Crippen molar-refractivity contribution in [2.45, 2.75) is 19.4 Å². The van der Waals surface area contributed by atoms with E-state index >= 15 is 0 Å². The number of furan rings is 1. The van der Waals surface area contributed by atoms with E-state index in [9.17, 15) is 14.7 Å². The van der Waals surface area contributed by atoms with Crippen LogP contribution < -0.4 is 5.32 Å². The minimum Gasteiger partial charge on any atom is -0.480 e. The van der Waals surface area contributed by atoms with Crippen LogP contribution in [0.2, 0.25) is 0 Å². The molecule has 2 aromatic rings. The number of carboxylic acid groups (broad SMARTS) is 1. The molecule has 3 rings (SSSR count). The van der Waals surface area contributed by atoms with Gasteiger partial charge in [-0.05, 0) is 65.5 Å². The number of amides is 1. The summed E-state index contributed by atoms with van der Waals surface area (Å²) in [6, 6.07) is 10.4. The molecule has 1 aliphatic rings. The van der Waals surface area contributed by atoms with E-state index in [2.05, 4.69) is 27.9 Å². The van der Waals surface area contributed by atoms with Crippen LogP contribution in [0.4, 0.5) is 0 Å². The van der Waals surface area contributed by atoms with Gasteiger partial charge in [0.2, 0.25) is 0 Å². The number of thiocarbonyl (C=S) groups is 1. The van der Waals surface area contributed by atoms with Crippen molar-refractivity contribution < 1.29 is 19.1 Å². The van der Waals surface area contributed by atoms with E-state index < -0.39 is 17.9 Å². The molecule has 134 valence electrons. The Labute approximate surface area is 169 Å². The quantitative estimate of drug-likeness (QED) is 0.386. The third-order valence-electron chi connectivity index (χ3n) is 3.92. The lowest BCUT2D eigenvalue weighted by Crippen LogP contribution is -2.44. The normalized spacial score (nSPS) is 16.8. The highest BCUT2D eigenvalue weighted by Gasteiger charge is 2.38. The van der Waals surface area contributed by atoms with Gasteiger partial charge in [-0.1, -0.05) is 19.1 Å². The van der Waals surface area contributed by atoms with Gasteiger partial charge in [0.15, 0.2) is 5.11 Å². The number of benzene rings is 1. The summed E-state index contributed by atoms with van der Waals surface area (Å²) in [6.45, 7) is 1.69. The summed E-state index contributed by atoms with van der Waals surface area (Å²) in [4.78, 5) is 25.0. The third kappa shape index (κ3) is 3.65. The second-order valence-corrected chi connectivity index (χ2v) is 7.27. The van der Waals surface area contributed by atoms with E-state index in [1.54, 1.807) is 13.0 Å².